The molecule has 0 atom stereocenters. The van der Waals surface area contributed by atoms with Crippen molar-refractivity contribution >= 4 is 12.4 Å². The maximum Gasteiger partial charge on any atom is 0.392 e. The quantitative estimate of drug-likeness (QED) is 0.179. The predicted molar refractivity (Wildman–Crippen MR) is 199 cm³/mol. The molecule has 2 aliphatic rings. The van der Waals surface area contributed by atoms with Gasteiger partial charge in [0, 0.05) is 57.8 Å². The number of benzene rings is 6. The van der Waals surface area contributed by atoms with Gasteiger partial charge in [-0.15, -0.1) is 0 Å². The average Bonchev–Trinajstić information content (AvgIpc) is 3.34. The number of para-hydroxylation sites is 5. The third-order valence-corrected chi connectivity index (χ3v) is 9.01. The molecule has 6 aromatic rings. The zero-order valence-corrected chi connectivity index (χ0v) is 25.7. The van der Waals surface area contributed by atoms with Gasteiger partial charge in [0.15, 0.2) is 5.75 Å². The summed E-state index contributed by atoms with van der Waals surface area (Å²) in [6.45, 7) is -18.1. The van der Waals surface area contributed by atoms with Crippen LogP contribution in [0.4, 0.5) is 0 Å². The van der Waals surface area contributed by atoms with E-state index in [1.807, 2.05) is 0 Å². The summed E-state index contributed by atoms with van der Waals surface area (Å²) in [5.74, 6) is 0.0736. The lowest BCUT2D eigenvalue weighted by Gasteiger charge is -2.35. The highest BCUT2D eigenvalue weighted by atomic mass is 16.5. The molecule has 0 spiro atoms. The lowest BCUT2D eigenvalue weighted by Crippen LogP contribution is -2.32. The molecule has 48 heavy (non-hydrogen) atoms. The van der Waals surface area contributed by atoms with E-state index in [4.69, 9.17) is 38.8 Å². The summed E-state index contributed by atoms with van der Waals surface area (Å²) in [7, 11) is 0. The Labute approximate surface area is 309 Å². The zero-order chi connectivity index (χ0) is 48.3. The zero-order valence-electron chi connectivity index (χ0n) is 43.7. The van der Waals surface area contributed by atoms with Crippen molar-refractivity contribution in [2.75, 3.05) is 0 Å². The number of aryl methyl sites for hydroxylation is 2. The van der Waals surface area contributed by atoms with Gasteiger partial charge in [-0.25, -0.2) is 0 Å². The van der Waals surface area contributed by atoms with Crippen LogP contribution in [0.2, 0.25) is 6.82 Å². The van der Waals surface area contributed by atoms with E-state index >= 15 is 0 Å². The van der Waals surface area contributed by atoms with E-state index in [1.165, 1.54) is 60.7 Å². The predicted octanol–water partition coefficient (Wildman–Crippen LogP) is 11.4. The molecule has 0 aromatic heterocycles. The van der Waals surface area contributed by atoms with Gasteiger partial charge in [0.2, 0.25) is 0 Å². The van der Waals surface area contributed by atoms with E-state index in [0.29, 0.717) is 11.2 Å². The van der Waals surface area contributed by atoms with Crippen LogP contribution in [0.3, 0.4) is 0 Å². The van der Waals surface area contributed by atoms with Crippen molar-refractivity contribution in [3.8, 4) is 62.1 Å². The summed E-state index contributed by atoms with van der Waals surface area (Å²) in [4.78, 5) is 0. The Hall–Kier alpha value is -5.22. The third kappa shape index (κ3) is 4.58. The Bertz CT molecular complexity index is 2890. The fourth-order valence-corrected chi connectivity index (χ4v) is 6.65. The summed E-state index contributed by atoms with van der Waals surface area (Å²) < 4.78 is 178. The first-order valence-electron chi connectivity index (χ1n) is 24.3. The molecule has 2 heterocycles. The van der Waals surface area contributed by atoms with Crippen molar-refractivity contribution in [2.45, 2.75) is 53.3 Å². The van der Waals surface area contributed by atoms with Crippen LogP contribution in [-0.4, -0.2) is 6.92 Å². The van der Waals surface area contributed by atoms with Crippen molar-refractivity contribution in [1.82, 2.24) is 0 Å². The fourth-order valence-electron chi connectivity index (χ4n) is 6.65. The van der Waals surface area contributed by atoms with Gasteiger partial charge in [-0.05, 0) is 96.9 Å². The first-order chi connectivity index (χ1) is 30.5. The van der Waals surface area contributed by atoms with Crippen LogP contribution < -0.4 is 19.6 Å². The number of hydrogen-bond donors (Lipinski definition) is 0. The number of ether oxygens (including phenoxy) is 2. The molecule has 6 aromatic carbocycles. The molecule has 0 amide bonds. The van der Waals surface area contributed by atoms with Crippen molar-refractivity contribution in [3.63, 3.8) is 0 Å². The van der Waals surface area contributed by atoms with Crippen molar-refractivity contribution in [3.05, 3.63) is 143 Å². The first-order valence-corrected chi connectivity index (χ1v) is 15.3. The second-order valence-electron chi connectivity index (χ2n) is 11.9. The fraction of sp³-hybridized carbons (Fsp3) is 0.182. The monoisotopic (exact) mass is 644 g/mol. The van der Waals surface area contributed by atoms with Crippen LogP contribution in [0.5, 0.6) is 28.7 Å². The molecular weight excluding hydrogens is 587 g/mol. The van der Waals surface area contributed by atoms with Gasteiger partial charge in [-0.1, -0.05) is 105 Å². The molecule has 0 saturated heterocycles. The smallest absolute Gasteiger partial charge is 0.392 e. The standard InChI is InChI=1S/C44H39BO3/c1-26-22-24-30(28(3)40(26)32-14-12-17-35-42(32)46-37-19-9-8-16-34(37)44(35,5)6)31-25-23-27(2)41(29(31)4)33-15-13-18-36-43(33)47-38-20-10-11-21-39(38)48-45(36)7/h8-25H,1-7H3/i1D3,2D3,3D3,4D3,5D3,6D3. The van der Waals surface area contributed by atoms with Crippen LogP contribution in [0.25, 0.3) is 33.4 Å². The Kier molecular flexibility index (Phi) is 3.79. The molecular formula is C44H39BO3. The molecule has 3 nitrogen and oxygen atoms in total. The normalized spacial score (nSPS) is 21.1. The molecule has 236 valence electrons. The van der Waals surface area contributed by atoms with Gasteiger partial charge in [-0.2, -0.15) is 0 Å². The highest BCUT2D eigenvalue weighted by molar-refractivity contribution is 6.68. The van der Waals surface area contributed by atoms with Crippen molar-refractivity contribution in [2.24, 2.45) is 0 Å². The van der Waals surface area contributed by atoms with Crippen LogP contribution in [0.1, 0.15) is 71.8 Å². The molecule has 8 rings (SSSR count). The van der Waals surface area contributed by atoms with E-state index in [0.717, 1.165) is 12.1 Å². The molecule has 0 aliphatic carbocycles. The summed E-state index contributed by atoms with van der Waals surface area (Å²) >= 11 is 0. The Morgan fingerprint density at radius 2 is 1.10 bits per heavy atom. The molecule has 0 bridgehead atoms. The lowest BCUT2D eigenvalue weighted by molar-refractivity contribution is 0.419. The molecule has 0 N–H and O–H groups in total. The molecule has 0 radical (unpaired) electrons. The van der Waals surface area contributed by atoms with E-state index in [9.17, 15) is 0 Å². The van der Waals surface area contributed by atoms with Gasteiger partial charge in [0.05, 0.1) is 0 Å². The SMILES string of the molecule is [2H]C([2H])([2H])c1ccc(-c2ccc(C([2H])([2H])[2H])c(-c3cccc4c3Oc3ccccc3C4(C([2H])([2H])[2H])C([2H])([2H])[2H])c2C([2H])([2H])[2H])c(C([2H])([2H])[2H])c1-c1cccc2c1Oc1ccccc1OB2C. The van der Waals surface area contributed by atoms with Crippen LogP contribution in [-0.2, 0) is 5.41 Å². The highest BCUT2D eigenvalue weighted by Crippen LogP contribution is 2.52. The van der Waals surface area contributed by atoms with Gasteiger partial charge < -0.3 is 14.1 Å². The number of hydrogen-bond acceptors (Lipinski definition) is 3. The lowest BCUT2D eigenvalue weighted by atomic mass is 9.62. The van der Waals surface area contributed by atoms with Crippen molar-refractivity contribution in [1.29, 1.82) is 0 Å². The van der Waals surface area contributed by atoms with E-state index in [-0.39, 0.29) is 50.6 Å². The minimum absolute atomic E-state index is 0.0309. The molecule has 0 fully saturated rings. The minimum Gasteiger partial charge on any atom is -0.553 e. The first kappa shape index (κ1) is 16.3. The van der Waals surface area contributed by atoms with Crippen LogP contribution in [0, 0.1) is 27.4 Å². The average molecular weight is 645 g/mol. The van der Waals surface area contributed by atoms with Gasteiger partial charge in [0.25, 0.3) is 0 Å². The maximum atomic E-state index is 9.08. The molecule has 0 unspecified atom stereocenters. The second kappa shape index (κ2) is 11.2. The maximum absolute atomic E-state index is 9.08. The third-order valence-electron chi connectivity index (χ3n) is 9.01. The molecule has 0 saturated carbocycles. The Morgan fingerprint density at radius 3 is 1.77 bits per heavy atom. The number of rotatable bonds is 3. The van der Waals surface area contributed by atoms with E-state index in [2.05, 4.69) is 0 Å². The molecule has 4 heteroatoms. The number of fused-ring (bicyclic) bond motifs is 4. The van der Waals surface area contributed by atoms with Crippen LogP contribution >= 0.6 is 0 Å². The van der Waals surface area contributed by atoms with Gasteiger partial charge in [0.1, 0.15) is 23.0 Å². The second-order valence-corrected chi connectivity index (χ2v) is 11.9. The van der Waals surface area contributed by atoms with Crippen molar-refractivity contribution < 1.29 is 38.8 Å². The highest BCUT2D eigenvalue weighted by Gasteiger charge is 2.36. The summed E-state index contributed by atoms with van der Waals surface area (Å²) in [5, 5.41) is 0. The van der Waals surface area contributed by atoms with Gasteiger partial charge in [-0.3, -0.25) is 0 Å². The van der Waals surface area contributed by atoms with E-state index < -0.39 is 92.6 Å². The summed E-state index contributed by atoms with van der Waals surface area (Å²) in [6.07, 6.45) is 0. The summed E-state index contributed by atoms with van der Waals surface area (Å²) in [6, 6.07) is 25.4. The summed E-state index contributed by atoms with van der Waals surface area (Å²) in [5.41, 5.74) is -6.95. The molecule has 2 aliphatic heterocycles. The Morgan fingerprint density at radius 1 is 0.521 bits per heavy atom. The largest absolute Gasteiger partial charge is 0.553 e. The van der Waals surface area contributed by atoms with Gasteiger partial charge >= 0.3 is 6.92 Å². The van der Waals surface area contributed by atoms with E-state index in [1.54, 1.807) is 43.2 Å². The Balaban J connectivity index is 1.53. The topological polar surface area (TPSA) is 27.7 Å². The minimum atomic E-state index is -3.30. The van der Waals surface area contributed by atoms with Crippen LogP contribution in [0.15, 0.2) is 109 Å².